The third-order valence-electron chi connectivity index (χ3n) is 7.58. The summed E-state index contributed by atoms with van der Waals surface area (Å²) in [6.07, 6.45) is 4.94. The number of anilines is 2. The van der Waals surface area contributed by atoms with Crippen LogP contribution < -0.4 is 10.2 Å². The molecule has 2 atom stereocenters. The van der Waals surface area contributed by atoms with Crippen molar-refractivity contribution in [3.63, 3.8) is 0 Å². The molecule has 2 N–H and O–H groups in total. The van der Waals surface area contributed by atoms with E-state index in [0.717, 1.165) is 48.6 Å². The van der Waals surface area contributed by atoms with Crippen molar-refractivity contribution in [1.29, 1.82) is 0 Å². The van der Waals surface area contributed by atoms with Crippen molar-refractivity contribution in [3.05, 3.63) is 40.6 Å². The zero-order valence-corrected chi connectivity index (χ0v) is 24.2. The predicted molar refractivity (Wildman–Crippen MR) is 147 cm³/mol. The summed E-state index contributed by atoms with van der Waals surface area (Å²) < 4.78 is 37.3. The Hall–Kier alpha value is -2.76. The summed E-state index contributed by atoms with van der Waals surface area (Å²) in [5.41, 5.74) is 1.90. The Morgan fingerprint density at radius 3 is 2.67 bits per heavy atom. The molecule has 1 aromatic heterocycles. The van der Waals surface area contributed by atoms with Crippen LogP contribution in [0.4, 0.5) is 16.3 Å². The topological polar surface area (TPSA) is 131 Å². The molecule has 1 saturated heterocycles. The maximum absolute atomic E-state index is 12.6. The van der Waals surface area contributed by atoms with Crippen molar-refractivity contribution < 1.29 is 27.8 Å². The summed E-state index contributed by atoms with van der Waals surface area (Å²) in [4.78, 5) is 23.4. The first-order chi connectivity index (χ1) is 18.1. The second-order valence-electron chi connectivity index (χ2n) is 12.4. The fourth-order valence-corrected chi connectivity index (χ4v) is 6.43. The Morgan fingerprint density at radius 2 is 1.97 bits per heavy atom. The van der Waals surface area contributed by atoms with Gasteiger partial charge in [0.25, 0.3) is 0 Å². The van der Waals surface area contributed by atoms with Crippen LogP contribution in [-0.4, -0.2) is 60.1 Å². The number of aliphatic hydroxyl groups is 1. The Morgan fingerprint density at radius 1 is 1.21 bits per heavy atom. The normalized spacial score (nSPS) is 25.1. The van der Waals surface area contributed by atoms with Gasteiger partial charge < -0.3 is 19.5 Å². The molecule has 10 nitrogen and oxygen atoms in total. The lowest BCUT2D eigenvalue weighted by Gasteiger charge is -2.44. The Balaban J connectivity index is 1.53. The lowest BCUT2D eigenvalue weighted by molar-refractivity contribution is -0.0856. The standard InChI is InChI=1S/C28H38N4O6S/c1-26(2,3)38-25(33)29-19-10-9-18-8-6-12-28(21(18)14-19)15-22-20(16-37-28)23(31-24(30-22)39(5,35)36)32-13-7-11-27(4,34)17-32/h9-10,14,34H,6-8,11-13,15-17H2,1-5H3,(H,29,33)/t27-,28?/m1/s1. The van der Waals surface area contributed by atoms with E-state index in [9.17, 15) is 18.3 Å². The highest BCUT2D eigenvalue weighted by Gasteiger charge is 2.44. The molecule has 3 heterocycles. The zero-order valence-electron chi connectivity index (χ0n) is 23.3. The van der Waals surface area contributed by atoms with Gasteiger partial charge in [0.15, 0.2) is 0 Å². The van der Waals surface area contributed by atoms with Gasteiger partial charge in [-0.05, 0) is 83.1 Å². The molecule has 1 fully saturated rings. The lowest BCUT2D eigenvalue weighted by Crippen LogP contribution is -2.47. The van der Waals surface area contributed by atoms with Gasteiger partial charge in [0.1, 0.15) is 11.4 Å². The number of carbonyl (C=O) groups excluding carboxylic acids is 1. The molecule has 3 aliphatic rings. The molecule has 1 amide bonds. The highest BCUT2D eigenvalue weighted by molar-refractivity contribution is 7.90. The number of benzene rings is 1. The number of sulfone groups is 1. The number of aryl methyl sites for hydroxylation is 1. The molecule has 0 radical (unpaired) electrons. The molecule has 39 heavy (non-hydrogen) atoms. The summed E-state index contributed by atoms with van der Waals surface area (Å²) in [5, 5.41) is 13.3. The molecule has 11 heteroatoms. The number of nitrogens with zero attached hydrogens (tertiary/aromatic N) is 3. The number of hydrogen-bond donors (Lipinski definition) is 2. The van der Waals surface area contributed by atoms with Gasteiger partial charge >= 0.3 is 6.09 Å². The first kappa shape index (κ1) is 27.8. The number of aromatic nitrogens is 2. The van der Waals surface area contributed by atoms with E-state index in [-0.39, 0.29) is 11.8 Å². The molecule has 2 aromatic rings. The fourth-order valence-electron chi connectivity index (χ4n) is 5.90. The van der Waals surface area contributed by atoms with Gasteiger partial charge in [0.2, 0.25) is 15.0 Å². The Bertz CT molecular complexity index is 1400. The molecule has 0 bridgehead atoms. The average molecular weight is 559 g/mol. The summed E-state index contributed by atoms with van der Waals surface area (Å²) in [7, 11) is -3.68. The minimum Gasteiger partial charge on any atom is -0.444 e. The highest BCUT2D eigenvalue weighted by atomic mass is 32.2. The quantitative estimate of drug-likeness (QED) is 0.539. The van der Waals surface area contributed by atoms with Crippen molar-refractivity contribution in [2.45, 2.75) is 94.8 Å². The van der Waals surface area contributed by atoms with E-state index in [2.05, 4.69) is 15.3 Å². The van der Waals surface area contributed by atoms with Crippen molar-refractivity contribution in [2.24, 2.45) is 0 Å². The molecular formula is C28H38N4O6S. The fraction of sp³-hybridized carbons (Fsp3) is 0.607. The molecule has 2 aliphatic heterocycles. The van der Waals surface area contributed by atoms with Gasteiger partial charge in [-0.1, -0.05) is 6.07 Å². The van der Waals surface area contributed by atoms with E-state index in [0.29, 0.717) is 43.1 Å². The van der Waals surface area contributed by atoms with Crippen LogP contribution in [0.25, 0.3) is 0 Å². The van der Waals surface area contributed by atoms with Crippen LogP contribution in [0.15, 0.2) is 23.4 Å². The first-order valence-corrected chi connectivity index (χ1v) is 15.4. The smallest absolute Gasteiger partial charge is 0.412 e. The first-order valence-electron chi connectivity index (χ1n) is 13.5. The lowest BCUT2D eigenvalue weighted by atomic mass is 9.74. The zero-order chi connectivity index (χ0) is 28.2. The Kier molecular flexibility index (Phi) is 6.92. The SMILES string of the molecule is CC(C)(C)OC(=O)Nc1ccc2c(c1)C1(CCC2)Cc2nc(S(C)(=O)=O)nc(N3CCC[C@@](C)(O)C3)c2CO1. The second kappa shape index (κ2) is 9.71. The molecule has 212 valence electrons. The molecule has 1 spiro atoms. The monoisotopic (exact) mass is 558 g/mol. The number of fused-ring (bicyclic) bond motifs is 3. The minimum absolute atomic E-state index is 0.213. The number of hydrogen-bond acceptors (Lipinski definition) is 9. The molecule has 0 saturated carbocycles. The summed E-state index contributed by atoms with van der Waals surface area (Å²) in [6.45, 7) is 8.46. The van der Waals surface area contributed by atoms with Crippen molar-refractivity contribution in [3.8, 4) is 0 Å². The van der Waals surface area contributed by atoms with E-state index < -0.39 is 32.7 Å². The number of β-amino-alcohol motifs (C(OH)–C–C–N with tert-alkyl or cyclic N) is 1. The van der Waals surface area contributed by atoms with Gasteiger partial charge in [-0.2, -0.15) is 0 Å². The van der Waals surface area contributed by atoms with E-state index in [1.165, 1.54) is 0 Å². The molecule has 1 aromatic carbocycles. The molecular weight excluding hydrogens is 520 g/mol. The minimum atomic E-state index is -3.68. The number of rotatable bonds is 3. The largest absolute Gasteiger partial charge is 0.444 e. The number of piperidine rings is 1. The maximum Gasteiger partial charge on any atom is 0.412 e. The second-order valence-corrected chi connectivity index (χ2v) is 14.3. The molecule has 1 aliphatic carbocycles. The molecule has 1 unspecified atom stereocenters. The van der Waals surface area contributed by atoms with Gasteiger partial charge in [-0.3, -0.25) is 5.32 Å². The van der Waals surface area contributed by atoms with Crippen molar-refractivity contribution >= 4 is 27.4 Å². The van der Waals surface area contributed by atoms with E-state index in [1.807, 2.05) is 43.9 Å². The third-order valence-corrected chi connectivity index (χ3v) is 8.42. The molecule has 5 rings (SSSR count). The van der Waals surface area contributed by atoms with Crippen molar-refractivity contribution in [2.75, 3.05) is 29.6 Å². The van der Waals surface area contributed by atoms with Gasteiger partial charge in [0, 0.05) is 37.0 Å². The number of ether oxygens (including phenoxy) is 2. The van der Waals surface area contributed by atoms with E-state index >= 15 is 0 Å². The van der Waals surface area contributed by atoms with Crippen LogP contribution in [0.5, 0.6) is 0 Å². The highest BCUT2D eigenvalue weighted by Crippen LogP contribution is 2.46. The Labute approximate surface area is 230 Å². The third kappa shape index (κ3) is 5.90. The van der Waals surface area contributed by atoms with Crippen LogP contribution in [0.2, 0.25) is 0 Å². The predicted octanol–water partition coefficient (Wildman–Crippen LogP) is 3.88. The summed E-state index contributed by atoms with van der Waals surface area (Å²) >= 11 is 0. The maximum atomic E-state index is 12.6. The van der Waals surface area contributed by atoms with Gasteiger partial charge in [0.05, 0.1) is 23.5 Å². The van der Waals surface area contributed by atoms with E-state index in [4.69, 9.17) is 9.47 Å². The summed E-state index contributed by atoms with van der Waals surface area (Å²) in [6, 6.07) is 5.80. The van der Waals surface area contributed by atoms with Crippen LogP contribution in [0.1, 0.15) is 75.8 Å². The number of carbonyl (C=O) groups is 1. The number of amides is 1. The number of nitrogens with one attached hydrogen (secondary N) is 1. The van der Waals surface area contributed by atoms with Crippen LogP contribution in [0.3, 0.4) is 0 Å². The van der Waals surface area contributed by atoms with Crippen LogP contribution in [-0.2, 0) is 44.4 Å². The van der Waals surface area contributed by atoms with Crippen LogP contribution >= 0.6 is 0 Å². The van der Waals surface area contributed by atoms with Crippen LogP contribution in [0, 0.1) is 0 Å². The van der Waals surface area contributed by atoms with E-state index in [1.54, 1.807) is 6.92 Å². The average Bonchev–Trinajstić information content (AvgIpc) is 2.81. The van der Waals surface area contributed by atoms with Gasteiger partial charge in [-0.25, -0.2) is 23.2 Å². The van der Waals surface area contributed by atoms with Gasteiger partial charge in [-0.15, -0.1) is 0 Å². The summed E-state index contributed by atoms with van der Waals surface area (Å²) in [5.74, 6) is 0.520. The van der Waals surface area contributed by atoms with Crippen molar-refractivity contribution in [1.82, 2.24) is 9.97 Å².